The fourth-order valence-electron chi connectivity index (χ4n) is 8.06. The second-order valence-electron chi connectivity index (χ2n) is 13.5. The maximum Gasteiger partial charge on any atom is 0.0708 e. The van der Waals surface area contributed by atoms with E-state index in [9.17, 15) is 0 Å². The molecule has 0 N–H and O–H groups in total. The summed E-state index contributed by atoms with van der Waals surface area (Å²) in [6.45, 7) is 0. The lowest BCUT2D eigenvalue weighted by Crippen LogP contribution is -1.92. The third-order valence-electron chi connectivity index (χ3n) is 10.5. The van der Waals surface area contributed by atoms with Crippen LogP contribution in [-0.2, 0) is 0 Å². The van der Waals surface area contributed by atoms with Crippen LogP contribution < -0.4 is 0 Å². The average Bonchev–Trinajstić information content (AvgIpc) is 3.23. The second-order valence-corrected chi connectivity index (χ2v) is 13.5. The van der Waals surface area contributed by atoms with Gasteiger partial charge in [-0.3, -0.25) is 4.98 Å². The summed E-state index contributed by atoms with van der Waals surface area (Å²) in [5.74, 6) is 0. The van der Waals surface area contributed by atoms with Crippen molar-refractivity contribution in [1.29, 1.82) is 0 Å². The summed E-state index contributed by atoms with van der Waals surface area (Å²) in [4.78, 5) is 4.75. The zero-order valence-corrected chi connectivity index (χ0v) is 28.5. The van der Waals surface area contributed by atoms with E-state index < -0.39 is 0 Å². The highest BCUT2D eigenvalue weighted by molar-refractivity contribution is 6.24. The normalized spacial score (nSPS) is 11.5. The van der Waals surface area contributed by atoms with E-state index in [2.05, 4.69) is 194 Å². The van der Waals surface area contributed by atoms with Crippen LogP contribution in [0.2, 0.25) is 0 Å². The van der Waals surface area contributed by atoms with Gasteiger partial charge in [0.1, 0.15) is 0 Å². The van der Waals surface area contributed by atoms with Crippen LogP contribution in [0.4, 0.5) is 0 Å². The van der Waals surface area contributed by atoms with Gasteiger partial charge in [0.05, 0.1) is 5.69 Å². The Labute approximate surface area is 303 Å². The van der Waals surface area contributed by atoms with Crippen molar-refractivity contribution in [3.05, 3.63) is 200 Å². The highest BCUT2D eigenvalue weighted by Gasteiger charge is 2.19. The Balaban J connectivity index is 1.11. The van der Waals surface area contributed by atoms with Crippen LogP contribution in [-0.4, -0.2) is 4.98 Å². The Kier molecular flexibility index (Phi) is 7.22. The van der Waals surface area contributed by atoms with E-state index >= 15 is 0 Å². The Hall–Kier alpha value is -6.83. The van der Waals surface area contributed by atoms with E-state index in [0.29, 0.717) is 0 Å². The molecule has 0 bridgehead atoms. The Morgan fingerprint density at radius 3 is 1.48 bits per heavy atom. The molecule has 0 aliphatic rings. The molecule has 10 aromatic rings. The number of hydrogen-bond donors (Lipinski definition) is 0. The van der Waals surface area contributed by atoms with Gasteiger partial charge in [-0.1, -0.05) is 176 Å². The first kappa shape index (κ1) is 30.0. The average molecular weight is 660 g/mol. The van der Waals surface area contributed by atoms with Gasteiger partial charge in [0.15, 0.2) is 0 Å². The van der Waals surface area contributed by atoms with E-state index in [4.69, 9.17) is 4.98 Å². The summed E-state index contributed by atoms with van der Waals surface area (Å²) in [5.41, 5.74) is 11.9. The summed E-state index contributed by atoms with van der Waals surface area (Å²) in [5, 5.41) is 10.00. The van der Waals surface area contributed by atoms with Gasteiger partial charge < -0.3 is 0 Å². The van der Waals surface area contributed by atoms with Gasteiger partial charge in [-0.25, -0.2) is 0 Å². The van der Waals surface area contributed by atoms with Gasteiger partial charge in [0, 0.05) is 11.8 Å². The monoisotopic (exact) mass is 659 g/mol. The molecule has 52 heavy (non-hydrogen) atoms. The van der Waals surface area contributed by atoms with Crippen LogP contribution in [0.3, 0.4) is 0 Å². The van der Waals surface area contributed by atoms with Crippen LogP contribution in [0.1, 0.15) is 0 Å². The molecule has 0 radical (unpaired) electrons. The van der Waals surface area contributed by atoms with Crippen molar-refractivity contribution in [1.82, 2.24) is 4.98 Å². The summed E-state index contributed by atoms with van der Waals surface area (Å²) in [7, 11) is 0. The van der Waals surface area contributed by atoms with E-state index in [1.54, 1.807) is 0 Å². The summed E-state index contributed by atoms with van der Waals surface area (Å²) in [6, 6.07) is 70.4. The van der Waals surface area contributed by atoms with Gasteiger partial charge in [0.25, 0.3) is 0 Å². The number of hydrogen-bond acceptors (Lipinski definition) is 1. The lowest BCUT2D eigenvalue weighted by atomic mass is 9.83. The van der Waals surface area contributed by atoms with Crippen molar-refractivity contribution < 1.29 is 0 Å². The maximum atomic E-state index is 4.75. The van der Waals surface area contributed by atoms with E-state index in [-0.39, 0.29) is 0 Å². The van der Waals surface area contributed by atoms with E-state index in [1.807, 2.05) is 6.20 Å². The fraction of sp³-hybridized carbons (Fsp3) is 0. The van der Waals surface area contributed by atoms with Gasteiger partial charge in [-0.05, 0) is 106 Å². The SMILES string of the molecule is c1ccc(-c2ccc(-c3c4ccccc4c(-c4ccc(-c5ccnc(-c6ccc7ccccc7c6)c5)cc4)c4ccccc34)c3ccccc23)cc1. The number of nitrogens with zero attached hydrogens (tertiary/aromatic N) is 1. The molecule has 1 nitrogen and oxygen atoms in total. The molecule has 0 saturated heterocycles. The highest BCUT2D eigenvalue weighted by Crippen LogP contribution is 2.46. The molecule has 242 valence electrons. The van der Waals surface area contributed by atoms with Crippen LogP contribution >= 0.6 is 0 Å². The number of pyridine rings is 1. The molecule has 1 heteroatoms. The van der Waals surface area contributed by atoms with Crippen molar-refractivity contribution in [2.24, 2.45) is 0 Å². The minimum atomic E-state index is 0.976. The topological polar surface area (TPSA) is 12.9 Å². The van der Waals surface area contributed by atoms with Gasteiger partial charge >= 0.3 is 0 Å². The molecule has 0 amide bonds. The number of aromatic nitrogens is 1. The van der Waals surface area contributed by atoms with Crippen molar-refractivity contribution in [2.45, 2.75) is 0 Å². The first-order valence-electron chi connectivity index (χ1n) is 17.9. The highest BCUT2D eigenvalue weighted by atomic mass is 14.7. The lowest BCUT2D eigenvalue weighted by Gasteiger charge is -2.20. The Morgan fingerprint density at radius 1 is 0.269 bits per heavy atom. The minimum Gasteiger partial charge on any atom is -0.256 e. The largest absolute Gasteiger partial charge is 0.256 e. The van der Waals surface area contributed by atoms with E-state index in [1.165, 1.54) is 82.0 Å². The second kappa shape index (κ2) is 12.5. The molecule has 9 aromatic carbocycles. The first-order chi connectivity index (χ1) is 25.8. The summed E-state index contributed by atoms with van der Waals surface area (Å²) >= 11 is 0. The van der Waals surface area contributed by atoms with Gasteiger partial charge in [-0.15, -0.1) is 0 Å². The van der Waals surface area contributed by atoms with Crippen molar-refractivity contribution in [3.63, 3.8) is 0 Å². The zero-order valence-electron chi connectivity index (χ0n) is 28.5. The molecule has 0 unspecified atom stereocenters. The molecule has 0 aliphatic heterocycles. The Morgan fingerprint density at radius 2 is 0.788 bits per heavy atom. The third kappa shape index (κ3) is 5.06. The lowest BCUT2D eigenvalue weighted by molar-refractivity contribution is 1.33. The third-order valence-corrected chi connectivity index (χ3v) is 10.5. The van der Waals surface area contributed by atoms with E-state index in [0.717, 1.165) is 16.8 Å². The maximum absolute atomic E-state index is 4.75. The number of fused-ring (bicyclic) bond motifs is 4. The molecule has 0 fully saturated rings. The molecular weight excluding hydrogens is 627 g/mol. The molecule has 0 spiro atoms. The minimum absolute atomic E-state index is 0.976. The Bertz CT molecular complexity index is 2880. The molecule has 0 aliphatic carbocycles. The van der Waals surface area contributed by atoms with Crippen LogP contribution in [0.15, 0.2) is 200 Å². The van der Waals surface area contributed by atoms with Crippen LogP contribution in [0, 0.1) is 0 Å². The molecular formula is C51H33N. The molecule has 0 saturated carbocycles. The van der Waals surface area contributed by atoms with Crippen LogP contribution in [0.5, 0.6) is 0 Å². The standard InChI is InChI=1S/C51H33N/c1-2-13-36(14-3-1)41-28-29-48(43-17-7-6-16-42(41)43)51-46-20-10-8-18-44(46)50(45-19-9-11-21-47(45)51)37-25-22-35(23-26-37)39-30-31-52-49(33-39)40-27-24-34-12-4-5-15-38(34)32-40/h1-33H. The smallest absolute Gasteiger partial charge is 0.0708 e. The molecule has 1 aromatic heterocycles. The predicted molar refractivity (Wildman–Crippen MR) is 221 cm³/mol. The van der Waals surface area contributed by atoms with Gasteiger partial charge in [0.2, 0.25) is 0 Å². The molecule has 1 heterocycles. The quantitative estimate of drug-likeness (QED) is 0.168. The van der Waals surface area contributed by atoms with Crippen molar-refractivity contribution in [2.75, 3.05) is 0 Å². The van der Waals surface area contributed by atoms with Crippen molar-refractivity contribution >= 4 is 43.1 Å². The van der Waals surface area contributed by atoms with Crippen LogP contribution in [0.25, 0.3) is 98.9 Å². The summed E-state index contributed by atoms with van der Waals surface area (Å²) < 4.78 is 0. The zero-order chi connectivity index (χ0) is 34.4. The molecule has 10 rings (SSSR count). The first-order valence-corrected chi connectivity index (χ1v) is 17.9. The predicted octanol–water partition coefficient (Wildman–Crippen LogP) is 14.0. The number of rotatable bonds is 5. The fourth-order valence-corrected chi connectivity index (χ4v) is 8.06. The summed E-state index contributed by atoms with van der Waals surface area (Å²) in [6.07, 6.45) is 1.92. The van der Waals surface area contributed by atoms with Gasteiger partial charge in [-0.2, -0.15) is 0 Å². The van der Waals surface area contributed by atoms with Crippen molar-refractivity contribution in [3.8, 4) is 55.8 Å². The molecule has 0 atom stereocenters. The number of benzene rings is 9.